The van der Waals surface area contributed by atoms with Crippen LogP contribution in [-0.4, -0.2) is 24.9 Å². The third-order valence-corrected chi connectivity index (χ3v) is 3.36. The van der Waals surface area contributed by atoms with E-state index >= 15 is 0 Å². The molecule has 1 rings (SSSR count). The Morgan fingerprint density at radius 3 is 2.40 bits per heavy atom. The first-order chi connectivity index (χ1) is 9.61. The van der Waals surface area contributed by atoms with Crippen molar-refractivity contribution in [3.63, 3.8) is 0 Å². The maximum absolute atomic E-state index is 11.7. The third-order valence-electron chi connectivity index (χ3n) is 2.83. The Balaban J connectivity index is 2.19. The maximum Gasteiger partial charge on any atom is 0.239 e. The molecule has 0 saturated carbocycles. The van der Waals surface area contributed by atoms with Gasteiger partial charge in [0.2, 0.25) is 11.8 Å². The Morgan fingerprint density at radius 2 is 1.75 bits per heavy atom. The molecule has 20 heavy (non-hydrogen) atoms. The van der Waals surface area contributed by atoms with E-state index in [-0.39, 0.29) is 24.8 Å². The lowest BCUT2D eigenvalue weighted by Crippen LogP contribution is -2.37. The van der Waals surface area contributed by atoms with Gasteiger partial charge in [0.05, 0.1) is 13.0 Å². The van der Waals surface area contributed by atoms with Gasteiger partial charge in [0.1, 0.15) is 0 Å². The van der Waals surface area contributed by atoms with Gasteiger partial charge >= 0.3 is 0 Å². The van der Waals surface area contributed by atoms with Crippen molar-refractivity contribution in [2.24, 2.45) is 0 Å². The van der Waals surface area contributed by atoms with Gasteiger partial charge in [-0.25, -0.2) is 0 Å². The molecule has 0 spiro atoms. The highest BCUT2D eigenvalue weighted by Crippen LogP contribution is 2.10. The Morgan fingerprint density at radius 1 is 1.05 bits per heavy atom. The van der Waals surface area contributed by atoms with E-state index in [0.29, 0.717) is 6.54 Å². The van der Waals surface area contributed by atoms with Gasteiger partial charge in [-0.3, -0.25) is 9.59 Å². The number of hydrogen-bond donors (Lipinski definition) is 2. The Labute approximate surface area is 128 Å². The number of nitrogens with one attached hydrogen (secondary N) is 2. The van der Waals surface area contributed by atoms with Gasteiger partial charge in [0.15, 0.2) is 0 Å². The highest BCUT2D eigenvalue weighted by atomic mass is 79.9. The fraction of sp³-hybridized carbons (Fsp3) is 0.467. The molecule has 0 radical (unpaired) electrons. The second-order valence-electron chi connectivity index (χ2n) is 4.64. The molecule has 0 heterocycles. The minimum absolute atomic E-state index is 0.0431. The van der Waals surface area contributed by atoms with Crippen LogP contribution in [0.4, 0.5) is 0 Å². The molecule has 0 atom stereocenters. The summed E-state index contributed by atoms with van der Waals surface area (Å²) < 4.78 is 0.980. The SMILES string of the molecule is CCCCCNC(=O)CNC(=O)Cc1ccc(Br)cc1. The van der Waals surface area contributed by atoms with Crippen LogP contribution < -0.4 is 10.6 Å². The molecule has 0 bridgehead atoms. The van der Waals surface area contributed by atoms with Gasteiger partial charge in [-0.2, -0.15) is 0 Å². The second-order valence-corrected chi connectivity index (χ2v) is 5.55. The smallest absolute Gasteiger partial charge is 0.239 e. The van der Waals surface area contributed by atoms with Crippen molar-refractivity contribution in [2.75, 3.05) is 13.1 Å². The van der Waals surface area contributed by atoms with Gasteiger partial charge in [0, 0.05) is 11.0 Å². The van der Waals surface area contributed by atoms with Crippen LogP contribution in [0.25, 0.3) is 0 Å². The topological polar surface area (TPSA) is 58.2 Å². The lowest BCUT2D eigenvalue weighted by Gasteiger charge is -2.07. The summed E-state index contributed by atoms with van der Waals surface area (Å²) in [5, 5.41) is 5.41. The number of carbonyl (C=O) groups excluding carboxylic acids is 2. The van der Waals surface area contributed by atoms with E-state index in [1.165, 1.54) is 0 Å². The van der Waals surface area contributed by atoms with Crippen molar-refractivity contribution in [2.45, 2.75) is 32.6 Å². The summed E-state index contributed by atoms with van der Waals surface area (Å²) in [5.74, 6) is -0.277. The summed E-state index contributed by atoms with van der Waals surface area (Å²) in [7, 11) is 0. The zero-order valence-electron chi connectivity index (χ0n) is 11.7. The van der Waals surface area contributed by atoms with E-state index in [1.54, 1.807) is 0 Å². The summed E-state index contributed by atoms with van der Waals surface area (Å²) in [6, 6.07) is 7.55. The zero-order valence-corrected chi connectivity index (χ0v) is 13.3. The molecule has 2 amide bonds. The first-order valence-electron chi connectivity index (χ1n) is 6.89. The summed E-state index contributed by atoms with van der Waals surface area (Å²) in [6.45, 7) is 2.83. The fourth-order valence-electron chi connectivity index (χ4n) is 1.69. The number of halogens is 1. The number of benzene rings is 1. The second kappa shape index (κ2) is 9.53. The van der Waals surface area contributed by atoms with Crippen LogP contribution in [0.3, 0.4) is 0 Å². The van der Waals surface area contributed by atoms with Gasteiger partial charge < -0.3 is 10.6 Å². The standard InChI is InChI=1S/C15H21BrN2O2/c1-2-3-4-9-17-15(20)11-18-14(19)10-12-5-7-13(16)8-6-12/h5-8H,2-4,9-11H2,1H3,(H,17,20)(H,18,19). The first kappa shape index (κ1) is 16.7. The quantitative estimate of drug-likeness (QED) is 0.714. The van der Waals surface area contributed by atoms with E-state index in [4.69, 9.17) is 0 Å². The van der Waals surface area contributed by atoms with Crippen molar-refractivity contribution in [3.05, 3.63) is 34.3 Å². The number of unbranched alkanes of at least 4 members (excludes halogenated alkanes) is 2. The van der Waals surface area contributed by atoms with Gasteiger partial charge in [-0.05, 0) is 24.1 Å². The average Bonchev–Trinajstić information content (AvgIpc) is 2.44. The van der Waals surface area contributed by atoms with Crippen LogP contribution in [0, 0.1) is 0 Å². The van der Waals surface area contributed by atoms with E-state index < -0.39 is 0 Å². The van der Waals surface area contributed by atoms with E-state index in [1.807, 2.05) is 24.3 Å². The molecule has 0 aliphatic rings. The van der Waals surface area contributed by atoms with Crippen LogP contribution in [0.15, 0.2) is 28.7 Å². The van der Waals surface area contributed by atoms with Crippen molar-refractivity contribution < 1.29 is 9.59 Å². The normalized spacial score (nSPS) is 10.1. The van der Waals surface area contributed by atoms with Crippen molar-refractivity contribution in [1.82, 2.24) is 10.6 Å². The number of amides is 2. The van der Waals surface area contributed by atoms with Crippen LogP contribution in [-0.2, 0) is 16.0 Å². The fourth-order valence-corrected chi connectivity index (χ4v) is 1.96. The predicted molar refractivity (Wildman–Crippen MR) is 83.4 cm³/mol. The molecule has 5 heteroatoms. The molecule has 110 valence electrons. The van der Waals surface area contributed by atoms with E-state index in [9.17, 15) is 9.59 Å². The Hall–Kier alpha value is -1.36. The van der Waals surface area contributed by atoms with E-state index in [2.05, 4.69) is 33.5 Å². The molecule has 2 N–H and O–H groups in total. The molecule has 0 saturated heterocycles. The molecule has 0 aliphatic carbocycles. The maximum atomic E-state index is 11.7. The highest BCUT2D eigenvalue weighted by Gasteiger charge is 2.06. The lowest BCUT2D eigenvalue weighted by atomic mass is 10.1. The van der Waals surface area contributed by atoms with Crippen molar-refractivity contribution in [1.29, 1.82) is 0 Å². The molecule has 1 aromatic rings. The van der Waals surface area contributed by atoms with Crippen LogP contribution in [0.2, 0.25) is 0 Å². The van der Waals surface area contributed by atoms with Crippen LogP contribution in [0.5, 0.6) is 0 Å². The molecule has 0 fully saturated rings. The summed E-state index contributed by atoms with van der Waals surface area (Å²) >= 11 is 3.34. The largest absolute Gasteiger partial charge is 0.355 e. The summed E-state index contributed by atoms with van der Waals surface area (Å²) in [5.41, 5.74) is 0.925. The number of rotatable bonds is 8. The molecule has 4 nitrogen and oxygen atoms in total. The van der Waals surface area contributed by atoms with Crippen LogP contribution in [0.1, 0.15) is 31.7 Å². The molecule has 0 aliphatic heterocycles. The summed E-state index contributed by atoms with van der Waals surface area (Å²) in [6.07, 6.45) is 3.50. The van der Waals surface area contributed by atoms with Crippen LogP contribution >= 0.6 is 15.9 Å². The predicted octanol–water partition coefficient (Wildman–Crippen LogP) is 2.41. The summed E-state index contributed by atoms with van der Waals surface area (Å²) in [4.78, 5) is 23.2. The molecule has 1 aromatic carbocycles. The third kappa shape index (κ3) is 7.28. The molecular formula is C15H21BrN2O2. The Kier molecular flexibility index (Phi) is 7.95. The molecule has 0 unspecified atom stereocenters. The highest BCUT2D eigenvalue weighted by molar-refractivity contribution is 9.10. The monoisotopic (exact) mass is 340 g/mol. The zero-order chi connectivity index (χ0) is 14.8. The minimum atomic E-state index is -0.143. The number of hydrogen-bond acceptors (Lipinski definition) is 2. The van der Waals surface area contributed by atoms with E-state index in [0.717, 1.165) is 29.3 Å². The van der Waals surface area contributed by atoms with Gasteiger partial charge in [-0.1, -0.05) is 47.8 Å². The minimum Gasteiger partial charge on any atom is -0.355 e. The molecule has 0 aromatic heterocycles. The van der Waals surface area contributed by atoms with Gasteiger partial charge in [-0.15, -0.1) is 0 Å². The Bertz CT molecular complexity index is 432. The van der Waals surface area contributed by atoms with Crippen molar-refractivity contribution in [3.8, 4) is 0 Å². The first-order valence-corrected chi connectivity index (χ1v) is 7.69. The van der Waals surface area contributed by atoms with Gasteiger partial charge in [0.25, 0.3) is 0 Å². The molecular weight excluding hydrogens is 320 g/mol. The number of carbonyl (C=O) groups is 2. The van der Waals surface area contributed by atoms with Crippen molar-refractivity contribution >= 4 is 27.7 Å². The lowest BCUT2D eigenvalue weighted by molar-refractivity contribution is -0.125. The average molecular weight is 341 g/mol.